The van der Waals surface area contributed by atoms with E-state index < -0.39 is 0 Å². The molecule has 0 bridgehead atoms. The van der Waals surface area contributed by atoms with Crippen LogP contribution in [0.4, 0.5) is 10.5 Å². The standard InChI is InChI=1S/C18H29N5O.HI/c1-14(2)21-18(24)22-16-9-7-15(8-10-16)13-20-17(19)23-11-5-3-4-6-12-23;/h7-10,14H,3-6,11-13H2,1-2H3,(H2,19,20)(H2,21,22,24);1H. The second kappa shape index (κ2) is 11.2. The van der Waals surface area contributed by atoms with Crippen molar-refractivity contribution in [3.63, 3.8) is 0 Å². The molecule has 6 nitrogen and oxygen atoms in total. The van der Waals surface area contributed by atoms with E-state index in [1.54, 1.807) is 0 Å². The Balaban J connectivity index is 0.00000312. The number of anilines is 1. The van der Waals surface area contributed by atoms with Gasteiger partial charge in [0.15, 0.2) is 5.96 Å². The van der Waals surface area contributed by atoms with E-state index in [-0.39, 0.29) is 36.0 Å². The van der Waals surface area contributed by atoms with Gasteiger partial charge >= 0.3 is 6.03 Å². The molecule has 0 aromatic heterocycles. The first kappa shape index (κ1) is 21.5. The molecule has 1 heterocycles. The fourth-order valence-electron chi connectivity index (χ4n) is 2.69. The lowest BCUT2D eigenvalue weighted by Crippen LogP contribution is -2.38. The van der Waals surface area contributed by atoms with E-state index in [1.807, 2.05) is 38.1 Å². The van der Waals surface area contributed by atoms with Gasteiger partial charge in [0, 0.05) is 24.8 Å². The van der Waals surface area contributed by atoms with Crippen LogP contribution in [0, 0.1) is 0 Å². The van der Waals surface area contributed by atoms with Crippen molar-refractivity contribution in [2.45, 2.75) is 52.1 Å². The van der Waals surface area contributed by atoms with Crippen LogP contribution in [0.5, 0.6) is 0 Å². The summed E-state index contributed by atoms with van der Waals surface area (Å²) in [6, 6.07) is 7.61. The fraction of sp³-hybridized carbons (Fsp3) is 0.556. The lowest BCUT2D eigenvalue weighted by Gasteiger charge is -2.21. The molecule has 0 spiro atoms. The van der Waals surface area contributed by atoms with Crippen molar-refractivity contribution in [3.05, 3.63) is 29.8 Å². The van der Waals surface area contributed by atoms with Crippen LogP contribution in [-0.4, -0.2) is 36.0 Å². The Bertz CT molecular complexity index is 551. The third kappa shape index (κ3) is 7.94. The molecule has 0 radical (unpaired) electrons. The normalized spacial score (nSPS) is 15.3. The number of likely N-dealkylation sites (tertiary alicyclic amines) is 1. The molecule has 7 heteroatoms. The maximum atomic E-state index is 11.7. The lowest BCUT2D eigenvalue weighted by atomic mass is 10.2. The zero-order valence-electron chi connectivity index (χ0n) is 15.1. The monoisotopic (exact) mass is 459 g/mol. The summed E-state index contributed by atoms with van der Waals surface area (Å²) in [7, 11) is 0. The highest BCUT2D eigenvalue weighted by Gasteiger charge is 2.10. The third-order valence-electron chi connectivity index (χ3n) is 3.99. The number of benzene rings is 1. The minimum absolute atomic E-state index is 0. The number of aliphatic imine (C=N–C) groups is 1. The quantitative estimate of drug-likeness (QED) is 0.366. The summed E-state index contributed by atoms with van der Waals surface area (Å²) in [5.41, 5.74) is 7.96. The first-order valence-corrected chi connectivity index (χ1v) is 8.76. The zero-order valence-corrected chi connectivity index (χ0v) is 17.5. The Hall–Kier alpha value is -1.51. The van der Waals surface area contributed by atoms with Gasteiger partial charge in [0.25, 0.3) is 0 Å². The van der Waals surface area contributed by atoms with Crippen molar-refractivity contribution in [3.8, 4) is 0 Å². The van der Waals surface area contributed by atoms with Crippen LogP contribution < -0.4 is 16.4 Å². The highest BCUT2D eigenvalue weighted by atomic mass is 127. The number of guanidine groups is 1. The number of halogens is 1. The third-order valence-corrected chi connectivity index (χ3v) is 3.99. The minimum Gasteiger partial charge on any atom is -0.370 e. The number of nitrogens with zero attached hydrogens (tertiary/aromatic N) is 2. The maximum Gasteiger partial charge on any atom is 0.319 e. The largest absolute Gasteiger partial charge is 0.370 e. The smallest absolute Gasteiger partial charge is 0.319 e. The van der Waals surface area contributed by atoms with Crippen LogP contribution in [0.3, 0.4) is 0 Å². The molecule has 0 atom stereocenters. The number of hydrogen-bond donors (Lipinski definition) is 3. The Morgan fingerprint density at radius 1 is 1.16 bits per heavy atom. The van der Waals surface area contributed by atoms with Gasteiger partial charge in [-0.1, -0.05) is 25.0 Å². The van der Waals surface area contributed by atoms with E-state index in [0.717, 1.165) is 24.3 Å². The average Bonchev–Trinajstić information content (AvgIpc) is 2.82. The number of amides is 2. The predicted octanol–water partition coefficient (Wildman–Crippen LogP) is 3.53. The average molecular weight is 459 g/mol. The number of nitrogens with two attached hydrogens (primary N) is 1. The Morgan fingerprint density at radius 3 is 2.32 bits per heavy atom. The van der Waals surface area contributed by atoms with Crippen LogP contribution in [0.1, 0.15) is 45.1 Å². The van der Waals surface area contributed by atoms with E-state index in [4.69, 9.17) is 5.73 Å². The van der Waals surface area contributed by atoms with Crippen molar-refractivity contribution in [2.24, 2.45) is 10.7 Å². The number of carbonyl (C=O) groups is 1. The highest BCUT2D eigenvalue weighted by Crippen LogP contribution is 2.12. The van der Waals surface area contributed by atoms with Crippen molar-refractivity contribution < 1.29 is 4.79 Å². The van der Waals surface area contributed by atoms with Crippen LogP contribution in [0.25, 0.3) is 0 Å². The number of rotatable bonds is 4. The molecule has 1 aromatic carbocycles. The van der Waals surface area contributed by atoms with Gasteiger partial charge in [0.1, 0.15) is 0 Å². The summed E-state index contributed by atoms with van der Waals surface area (Å²) in [5, 5.41) is 5.60. The minimum atomic E-state index is -0.193. The number of hydrogen-bond acceptors (Lipinski definition) is 2. The summed E-state index contributed by atoms with van der Waals surface area (Å²) in [6.45, 7) is 6.41. The van der Waals surface area contributed by atoms with E-state index in [1.165, 1.54) is 25.7 Å². The summed E-state index contributed by atoms with van der Waals surface area (Å²) in [6.07, 6.45) is 4.94. The van der Waals surface area contributed by atoms with Gasteiger partial charge in [-0.05, 0) is 44.4 Å². The van der Waals surface area contributed by atoms with Crippen LogP contribution in [-0.2, 0) is 6.54 Å². The molecular weight excluding hydrogens is 429 g/mol. The molecule has 2 amide bonds. The summed E-state index contributed by atoms with van der Waals surface area (Å²) < 4.78 is 0. The van der Waals surface area contributed by atoms with Crippen LogP contribution >= 0.6 is 24.0 Å². The van der Waals surface area contributed by atoms with E-state index in [0.29, 0.717) is 12.5 Å². The molecule has 1 aromatic rings. The zero-order chi connectivity index (χ0) is 17.4. The molecule has 0 unspecified atom stereocenters. The summed E-state index contributed by atoms with van der Waals surface area (Å²) >= 11 is 0. The molecule has 1 aliphatic heterocycles. The van der Waals surface area contributed by atoms with Gasteiger partial charge in [-0.3, -0.25) is 0 Å². The van der Waals surface area contributed by atoms with Crippen molar-refractivity contribution in [1.29, 1.82) is 0 Å². The van der Waals surface area contributed by atoms with Gasteiger partial charge in [-0.2, -0.15) is 0 Å². The highest BCUT2D eigenvalue weighted by molar-refractivity contribution is 14.0. The first-order valence-electron chi connectivity index (χ1n) is 8.76. The molecule has 1 saturated heterocycles. The molecule has 2 rings (SSSR count). The molecule has 4 N–H and O–H groups in total. The van der Waals surface area contributed by atoms with Gasteiger partial charge in [0.2, 0.25) is 0 Å². The number of carbonyl (C=O) groups excluding carboxylic acids is 1. The predicted molar refractivity (Wildman–Crippen MR) is 115 cm³/mol. The summed E-state index contributed by atoms with van der Waals surface area (Å²) in [5.74, 6) is 0.635. The Labute approximate surface area is 167 Å². The van der Waals surface area contributed by atoms with Gasteiger partial charge in [-0.25, -0.2) is 9.79 Å². The number of nitrogens with one attached hydrogen (secondary N) is 2. The van der Waals surface area contributed by atoms with Gasteiger partial charge < -0.3 is 21.3 Å². The van der Waals surface area contributed by atoms with Crippen molar-refractivity contribution >= 4 is 41.7 Å². The fourth-order valence-corrected chi connectivity index (χ4v) is 2.69. The SMILES string of the molecule is CC(C)NC(=O)Nc1ccc(CN=C(N)N2CCCCCC2)cc1.I. The lowest BCUT2D eigenvalue weighted by molar-refractivity contribution is 0.250. The van der Waals surface area contributed by atoms with E-state index in [2.05, 4.69) is 20.5 Å². The Kier molecular flexibility index (Phi) is 9.62. The van der Waals surface area contributed by atoms with Crippen molar-refractivity contribution in [2.75, 3.05) is 18.4 Å². The molecular formula is C18H30IN5O. The molecule has 1 fully saturated rings. The van der Waals surface area contributed by atoms with E-state index in [9.17, 15) is 4.79 Å². The second-order valence-corrected chi connectivity index (χ2v) is 6.53. The van der Waals surface area contributed by atoms with E-state index >= 15 is 0 Å². The van der Waals surface area contributed by atoms with Crippen LogP contribution in [0.2, 0.25) is 0 Å². The van der Waals surface area contributed by atoms with Crippen LogP contribution in [0.15, 0.2) is 29.3 Å². The molecule has 0 saturated carbocycles. The first-order chi connectivity index (χ1) is 11.5. The molecule has 25 heavy (non-hydrogen) atoms. The molecule has 0 aliphatic carbocycles. The number of urea groups is 1. The molecule has 1 aliphatic rings. The van der Waals surface area contributed by atoms with Gasteiger partial charge in [0.05, 0.1) is 6.54 Å². The summed E-state index contributed by atoms with van der Waals surface area (Å²) in [4.78, 5) is 18.3. The van der Waals surface area contributed by atoms with Gasteiger partial charge in [-0.15, -0.1) is 24.0 Å². The maximum absolute atomic E-state index is 11.7. The second-order valence-electron chi connectivity index (χ2n) is 6.53. The molecule has 140 valence electrons. The van der Waals surface area contributed by atoms with Crippen molar-refractivity contribution in [1.82, 2.24) is 10.2 Å². The topological polar surface area (TPSA) is 82.8 Å². The Morgan fingerprint density at radius 2 is 1.76 bits per heavy atom.